The molecule has 112 valence electrons. The third kappa shape index (κ3) is 4.59. The second kappa shape index (κ2) is 7.78. The molecule has 2 rings (SSSR count). The van der Waals surface area contributed by atoms with Crippen LogP contribution in [0, 0.1) is 0 Å². The van der Waals surface area contributed by atoms with Crippen molar-refractivity contribution in [3.63, 3.8) is 0 Å². The van der Waals surface area contributed by atoms with Crippen molar-refractivity contribution in [3.8, 4) is 0 Å². The van der Waals surface area contributed by atoms with Gasteiger partial charge in [-0.2, -0.15) is 0 Å². The molecule has 4 heteroatoms. The zero-order valence-electron chi connectivity index (χ0n) is 12.4. The minimum Gasteiger partial charge on any atom is -0.355 e. The van der Waals surface area contributed by atoms with Crippen LogP contribution in [0.4, 0.5) is 0 Å². The average Bonchev–Trinajstić information content (AvgIpc) is 2.58. The zero-order chi connectivity index (χ0) is 15.8. The molecule has 2 N–H and O–H groups in total. The molecule has 0 bridgehead atoms. The molecule has 0 saturated carbocycles. The van der Waals surface area contributed by atoms with Gasteiger partial charge in [0.25, 0.3) is 5.91 Å². The Balaban J connectivity index is 1.91. The van der Waals surface area contributed by atoms with E-state index in [0.717, 1.165) is 11.1 Å². The first-order valence-corrected chi connectivity index (χ1v) is 7.01. The van der Waals surface area contributed by atoms with Crippen LogP contribution in [0.1, 0.15) is 21.5 Å². The van der Waals surface area contributed by atoms with Gasteiger partial charge in [-0.3, -0.25) is 9.59 Å². The summed E-state index contributed by atoms with van der Waals surface area (Å²) >= 11 is 0. The number of rotatable bonds is 5. The predicted octanol–water partition coefficient (Wildman–Crippen LogP) is 2.38. The van der Waals surface area contributed by atoms with Gasteiger partial charge in [0.2, 0.25) is 5.91 Å². The fraction of sp³-hybridized carbons (Fsp3) is 0.111. The molecular weight excluding hydrogens is 276 g/mol. The second-order valence-electron chi connectivity index (χ2n) is 4.74. The Morgan fingerprint density at radius 1 is 1.05 bits per heavy atom. The van der Waals surface area contributed by atoms with E-state index in [2.05, 4.69) is 10.6 Å². The van der Waals surface area contributed by atoms with Crippen LogP contribution in [-0.2, 0) is 11.3 Å². The van der Waals surface area contributed by atoms with Crippen molar-refractivity contribution in [2.45, 2.75) is 6.54 Å². The Morgan fingerprint density at radius 3 is 2.55 bits per heavy atom. The summed E-state index contributed by atoms with van der Waals surface area (Å²) in [6.45, 7) is 0.378. The van der Waals surface area contributed by atoms with E-state index in [1.165, 1.54) is 6.08 Å². The summed E-state index contributed by atoms with van der Waals surface area (Å²) in [6.07, 6.45) is 3.26. The first-order chi connectivity index (χ1) is 10.7. The number of carbonyl (C=O) groups is 2. The van der Waals surface area contributed by atoms with Crippen molar-refractivity contribution < 1.29 is 9.59 Å². The maximum Gasteiger partial charge on any atom is 0.251 e. The highest BCUT2D eigenvalue weighted by atomic mass is 16.2. The van der Waals surface area contributed by atoms with Gasteiger partial charge in [-0.25, -0.2) is 0 Å². The van der Waals surface area contributed by atoms with Gasteiger partial charge in [0.05, 0.1) is 0 Å². The van der Waals surface area contributed by atoms with Crippen LogP contribution in [-0.4, -0.2) is 18.9 Å². The molecule has 0 aliphatic rings. The van der Waals surface area contributed by atoms with Crippen molar-refractivity contribution in [1.29, 1.82) is 0 Å². The second-order valence-corrected chi connectivity index (χ2v) is 4.74. The Labute approximate surface area is 129 Å². The molecule has 2 aromatic rings. The third-order valence-corrected chi connectivity index (χ3v) is 3.11. The maximum atomic E-state index is 11.8. The van der Waals surface area contributed by atoms with E-state index in [1.807, 2.05) is 36.4 Å². The van der Waals surface area contributed by atoms with Gasteiger partial charge in [-0.15, -0.1) is 0 Å². The lowest BCUT2D eigenvalue weighted by Crippen LogP contribution is -2.21. The molecular formula is C18H18N2O2. The highest BCUT2D eigenvalue weighted by molar-refractivity contribution is 5.94. The molecule has 2 amide bonds. The standard InChI is InChI=1S/C18H18N2O2/c1-19-18(22)16-9-5-8-15(12-16)13-20-17(21)11-10-14-6-3-2-4-7-14/h2-12H,13H2,1H3,(H,19,22)(H,20,21)/b11-10+. The normalized spacial score (nSPS) is 10.4. The Hall–Kier alpha value is -2.88. The molecule has 0 radical (unpaired) electrons. The SMILES string of the molecule is CNC(=O)c1cccc(CNC(=O)/C=C/c2ccccc2)c1. The van der Waals surface area contributed by atoms with Gasteiger partial charge in [0, 0.05) is 25.2 Å². The summed E-state index contributed by atoms with van der Waals surface area (Å²) in [6, 6.07) is 16.8. The highest BCUT2D eigenvalue weighted by Crippen LogP contribution is 2.05. The Bertz CT molecular complexity index is 678. The van der Waals surface area contributed by atoms with Crippen LogP contribution >= 0.6 is 0 Å². The summed E-state index contributed by atoms with van der Waals surface area (Å²) in [7, 11) is 1.59. The molecule has 0 aromatic heterocycles. The molecule has 4 nitrogen and oxygen atoms in total. The fourth-order valence-corrected chi connectivity index (χ4v) is 1.95. The van der Waals surface area contributed by atoms with Crippen LogP contribution in [0.3, 0.4) is 0 Å². The van der Waals surface area contributed by atoms with Crippen LogP contribution in [0.25, 0.3) is 6.08 Å². The number of carbonyl (C=O) groups excluding carboxylic acids is 2. The van der Waals surface area contributed by atoms with E-state index >= 15 is 0 Å². The van der Waals surface area contributed by atoms with E-state index in [4.69, 9.17) is 0 Å². The summed E-state index contributed by atoms with van der Waals surface area (Å²) in [5.41, 5.74) is 2.43. The predicted molar refractivity (Wildman–Crippen MR) is 87.2 cm³/mol. The average molecular weight is 294 g/mol. The molecule has 0 aliphatic heterocycles. The molecule has 0 unspecified atom stereocenters. The van der Waals surface area contributed by atoms with Crippen LogP contribution in [0.15, 0.2) is 60.7 Å². The minimum atomic E-state index is -0.172. The number of nitrogens with one attached hydrogen (secondary N) is 2. The van der Waals surface area contributed by atoms with Crippen molar-refractivity contribution >= 4 is 17.9 Å². The van der Waals surface area contributed by atoms with Crippen molar-refractivity contribution in [2.75, 3.05) is 7.05 Å². The summed E-state index contributed by atoms with van der Waals surface area (Å²) < 4.78 is 0. The van der Waals surface area contributed by atoms with Crippen LogP contribution in [0.2, 0.25) is 0 Å². The quantitative estimate of drug-likeness (QED) is 0.832. The lowest BCUT2D eigenvalue weighted by molar-refractivity contribution is -0.116. The first-order valence-electron chi connectivity index (χ1n) is 7.01. The van der Waals surface area contributed by atoms with E-state index in [0.29, 0.717) is 12.1 Å². The molecule has 0 saturated heterocycles. The molecule has 0 fully saturated rings. The molecule has 0 spiro atoms. The van der Waals surface area contributed by atoms with E-state index in [-0.39, 0.29) is 11.8 Å². The van der Waals surface area contributed by atoms with Crippen LogP contribution < -0.4 is 10.6 Å². The van der Waals surface area contributed by atoms with Gasteiger partial charge >= 0.3 is 0 Å². The maximum absolute atomic E-state index is 11.8. The molecule has 0 heterocycles. The zero-order valence-corrected chi connectivity index (χ0v) is 12.4. The third-order valence-electron chi connectivity index (χ3n) is 3.11. The largest absolute Gasteiger partial charge is 0.355 e. The minimum absolute atomic E-state index is 0.142. The topological polar surface area (TPSA) is 58.2 Å². The first kappa shape index (κ1) is 15.5. The highest BCUT2D eigenvalue weighted by Gasteiger charge is 2.04. The lowest BCUT2D eigenvalue weighted by Gasteiger charge is -2.05. The number of hydrogen-bond donors (Lipinski definition) is 2. The van der Waals surface area contributed by atoms with E-state index in [9.17, 15) is 9.59 Å². The van der Waals surface area contributed by atoms with Crippen LogP contribution in [0.5, 0.6) is 0 Å². The van der Waals surface area contributed by atoms with Crippen molar-refractivity contribution in [3.05, 3.63) is 77.4 Å². The molecule has 22 heavy (non-hydrogen) atoms. The van der Waals surface area contributed by atoms with E-state index in [1.54, 1.807) is 31.3 Å². The van der Waals surface area contributed by atoms with Crippen molar-refractivity contribution in [2.24, 2.45) is 0 Å². The number of amides is 2. The smallest absolute Gasteiger partial charge is 0.251 e. The number of hydrogen-bond acceptors (Lipinski definition) is 2. The number of benzene rings is 2. The summed E-state index contributed by atoms with van der Waals surface area (Å²) in [5.74, 6) is -0.314. The van der Waals surface area contributed by atoms with Gasteiger partial charge in [0.15, 0.2) is 0 Å². The Kier molecular flexibility index (Phi) is 5.49. The fourth-order valence-electron chi connectivity index (χ4n) is 1.95. The lowest BCUT2D eigenvalue weighted by atomic mass is 10.1. The summed E-state index contributed by atoms with van der Waals surface area (Å²) in [4.78, 5) is 23.3. The van der Waals surface area contributed by atoms with E-state index < -0.39 is 0 Å². The van der Waals surface area contributed by atoms with Gasteiger partial charge in [0.1, 0.15) is 0 Å². The molecule has 0 aliphatic carbocycles. The van der Waals surface area contributed by atoms with Gasteiger partial charge < -0.3 is 10.6 Å². The molecule has 2 aromatic carbocycles. The summed E-state index contributed by atoms with van der Waals surface area (Å²) in [5, 5.41) is 5.37. The van der Waals surface area contributed by atoms with Gasteiger partial charge in [-0.05, 0) is 29.3 Å². The Morgan fingerprint density at radius 2 is 1.82 bits per heavy atom. The van der Waals surface area contributed by atoms with Crippen molar-refractivity contribution in [1.82, 2.24) is 10.6 Å². The monoisotopic (exact) mass is 294 g/mol. The molecule has 0 atom stereocenters. The van der Waals surface area contributed by atoms with Gasteiger partial charge in [-0.1, -0.05) is 42.5 Å².